The first-order chi connectivity index (χ1) is 7.47. The first-order valence-corrected chi connectivity index (χ1v) is 5.32. The third-order valence-electron chi connectivity index (χ3n) is 3.02. The number of methoxy groups -OCH3 is 1. The lowest BCUT2D eigenvalue weighted by atomic mass is 9.94. The minimum absolute atomic E-state index is 0.174. The highest BCUT2D eigenvalue weighted by molar-refractivity contribution is 5.67. The highest BCUT2D eigenvalue weighted by Crippen LogP contribution is 2.28. The number of hydrogen-bond acceptors (Lipinski definition) is 2. The summed E-state index contributed by atoms with van der Waals surface area (Å²) in [5.41, 5.74) is 4.45. The van der Waals surface area contributed by atoms with Gasteiger partial charge >= 0.3 is 5.97 Å². The monoisotopic (exact) mass is 222 g/mol. The maximum atomic E-state index is 10.6. The van der Waals surface area contributed by atoms with Crippen molar-refractivity contribution in [2.75, 3.05) is 7.11 Å². The molecular weight excluding hydrogens is 204 g/mol. The van der Waals surface area contributed by atoms with Crippen molar-refractivity contribution in [2.24, 2.45) is 0 Å². The van der Waals surface area contributed by atoms with E-state index in [1.807, 2.05) is 26.8 Å². The van der Waals surface area contributed by atoms with E-state index in [0.717, 1.165) is 28.0 Å². The maximum Gasteiger partial charge on any atom is 0.303 e. The summed E-state index contributed by atoms with van der Waals surface area (Å²) in [6.07, 6.45) is 0.755. The Kier molecular flexibility index (Phi) is 3.93. The first-order valence-electron chi connectivity index (χ1n) is 5.32. The van der Waals surface area contributed by atoms with Crippen molar-refractivity contribution in [3.05, 3.63) is 28.3 Å². The van der Waals surface area contributed by atoms with Crippen molar-refractivity contribution in [1.82, 2.24) is 0 Å². The normalized spacial score (nSPS) is 10.2. The molecule has 0 aliphatic carbocycles. The number of carbonyl (C=O) groups is 1. The van der Waals surface area contributed by atoms with Gasteiger partial charge in [-0.05, 0) is 55.5 Å². The van der Waals surface area contributed by atoms with Gasteiger partial charge in [0.15, 0.2) is 0 Å². The molecule has 0 fully saturated rings. The van der Waals surface area contributed by atoms with Gasteiger partial charge in [-0.1, -0.05) is 0 Å². The number of carboxylic acid groups (broad SMARTS) is 1. The highest BCUT2D eigenvalue weighted by Gasteiger charge is 2.11. The van der Waals surface area contributed by atoms with Crippen LogP contribution in [0.5, 0.6) is 5.75 Å². The van der Waals surface area contributed by atoms with Gasteiger partial charge in [0.1, 0.15) is 5.75 Å². The molecule has 0 spiro atoms. The largest absolute Gasteiger partial charge is 0.496 e. The summed E-state index contributed by atoms with van der Waals surface area (Å²) < 4.78 is 5.27. The van der Waals surface area contributed by atoms with E-state index in [1.54, 1.807) is 7.11 Å². The molecule has 3 nitrogen and oxygen atoms in total. The first kappa shape index (κ1) is 12.6. The Hall–Kier alpha value is -1.51. The molecule has 1 N–H and O–H groups in total. The van der Waals surface area contributed by atoms with Crippen LogP contribution >= 0.6 is 0 Å². The van der Waals surface area contributed by atoms with Crippen molar-refractivity contribution in [2.45, 2.75) is 33.6 Å². The lowest BCUT2D eigenvalue weighted by Gasteiger charge is -2.15. The Morgan fingerprint density at radius 1 is 1.31 bits per heavy atom. The Morgan fingerprint density at radius 2 is 1.94 bits per heavy atom. The summed E-state index contributed by atoms with van der Waals surface area (Å²) in [4.78, 5) is 10.6. The van der Waals surface area contributed by atoms with Gasteiger partial charge in [-0.3, -0.25) is 4.79 Å². The van der Waals surface area contributed by atoms with Crippen LogP contribution in [-0.2, 0) is 11.2 Å². The number of aliphatic carboxylic acids is 1. The average Bonchev–Trinajstić information content (AvgIpc) is 2.22. The van der Waals surface area contributed by atoms with E-state index in [1.165, 1.54) is 0 Å². The molecule has 0 bridgehead atoms. The summed E-state index contributed by atoms with van der Waals surface area (Å²) in [7, 11) is 1.65. The van der Waals surface area contributed by atoms with Gasteiger partial charge in [0.2, 0.25) is 0 Å². The van der Waals surface area contributed by atoms with E-state index in [4.69, 9.17) is 9.84 Å². The number of ether oxygens (including phenoxy) is 1. The molecule has 0 unspecified atom stereocenters. The molecule has 1 rings (SSSR count). The molecule has 0 saturated carbocycles. The van der Waals surface area contributed by atoms with E-state index in [9.17, 15) is 4.79 Å². The zero-order valence-corrected chi connectivity index (χ0v) is 10.3. The van der Waals surface area contributed by atoms with Crippen LogP contribution in [-0.4, -0.2) is 18.2 Å². The molecule has 1 aromatic carbocycles. The van der Waals surface area contributed by atoms with Crippen molar-refractivity contribution in [3.8, 4) is 5.75 Å². The van der Waals surface area contributed by atoms with Crippen molar-refractivity contribution in [3.63, 3.8) is 0 Å². The zero-order valence-electron chi connectivity index (χ0n) is 10.3. The molecule has 0 saturated heterocycles. The van der Waals surface area contributed by atoms with Crippen molar-refractivity contribution >= 4 is 5.97 Å². The number of aryl methyl sites for hydroxylation is 1. The van der Waals surface area contributed by atoms with Gasteiger partial charge in [0.05, 0.1) is 7.11 Å². The van der Waals surface area contributed by atoms with Gasteiger partial charge in [0, 0.05) is 6.42 Å². The molecule has 1 aromatic rings. The summed E-state index contributed by atoms with van der Waals surface area (Å²) in [6.45, 7) is 6.01. The van der Waals surface area contributed by atoms with E-state index >= 15 is 0 Å². The molecule has 0 aromatic heterocycles. The summed E-state index contributed by atoms with van der Waals surface area (Å²) >= 11 is 0. The average molecular weight is 222 g/mol. The summed E-state index contributed by atoms with van der Waals surface area (Å²) in [6, 6.07) is 1.97. The number of benzene rings is 1. The van der Waals surface area contributed by atoms with Gasteiger partial charge in [-0.2, -0.15) is 0 Å². The number of hydrogen-bond donors (Lipinski definition) is 1. The van der Waals surface area contributed by atoms with Crippen LogP contribution in [0.15, 0.2) is 6.07 Å². The Bertz CT molecular complexity index is 408. The SMILES string of the molecule is COc1cc(C)c(CCC(=O)O)c(C)c1C. The molecule has 16 heavy (non-hydrogen) atoms. The van der Waals surface area contributed by atoms with Crippen molar-refractivity contribution in [1.29, 1.82) is 0 Å². The van der Waals surface area contributed by atoms with Gasteiger partial charge in [0.25, 0.3) is 0 Å². The predicted octanol–water partition coefficient (Wildman–Crippen LogP) is 2.64. The Balaban J connectivity index is 3.10. The van der Waals surface area contributed by atoms with E-state index < -0.39 is 5.97 Å². The lowest BCUT2D eigenvalue weighted by Crippen LogP contribution is -2.03. The van der Waals surface area contributed by atoms with E-state index in [0.29, 0.717) is 6.42 Å². The van der Waals surface area contributed by atoms with Gasteiger partial charge < -0.3 is 9.84 Å². The fourth-order valence-electron chi connectivity index (χ4n) is 1.93. The third-order valence-corrected chi connectivity index (χ3v) is 3.02. The fourth-order valence-corrected chi connectivity index (χ4v) is 1.93. The minimum Gasteiger partial charge on any atom is -0.496 e. The van der Waals surface area contributed by atoms with Gasteiger partial charge in [-0.15, -0.1) is 0 Å². The smallest absolute Gasteiger partial charge is 0.303 e. The molecule has 0 heterocycles. The standard InChI is InChI=1S/C13H18O3/c1-8-7-12(16-4)10(3)9(2)11(8)5-6-13(14)15/h7H,5-6H2,1-4H3,(H,14,15). The van der Waals surface area contributed by atoms with E-state index in [2.05, 4.69) is 0 Å². The molecule has 88 valence electrons. The second kappa shape index (κ2) is 5.01. The van der Waals surface area contributed by atoms with Gasteiger partial charge in [-0.25, -0.2) is 0 Å². The molecule has 0 aliphatic rings. The van der Waals surface area contributed by atoms with Crippen LogP contribution in [0, 0.1) is 20.8 Å². The molecule has 0 atom stereocenters. The Labute approximate surface area is 96.1 Å². The topological polar surface area (TPSA) is 46.5 Å². The molecule has 3 heteroatoms. The molecule has 0 aliphatic heterocycles. The summed E-state index contributed by atoms with van der Waals surface area (Å²) in [5.74, 6) is 0.112. The van der Waals surface area contributed by atoms with E-state index in [-0.39, 0.29) is 6.42 Å². The number of rotatable bonds is 4. The molecule has 0 radical (unpaired) electrons. The second-order valence-corrected chi connectivity index (χ2v) is 4.02. The summed E-state index contributed by atoms with van der Waals surface area (Å²) in [5, 5.41) is 8.70. The maximum absolute atomic E-state index is 10.6. The van der Waals surface area contributed by atoms with Crippen LogP contribution < -0.4 is 4.74 Å². The highest BCUT2D eigenvalue weighted by atomic mass is 16.5. The third kappa shape index (κ3) is 2.54. The minimum atomic E-state index is -0.757. The van der Waals surface area contributed by atoms with Crippen LogP contribution in [0.4, 0.5) is 0 Å². The van der Waals surface area contributed by atoms with Crippen molar-refractivity contribution < 1.29 is 14.6 Å². The van der Waals surface area contributed by atoms with Crippen LogP contribution in [0.1, 0.15) is 28.7 Å². The second-order valence-electron chi connectivity index (χ2n) is 4.02. The Morgan fingerprint density at radius 3 is 2.44 bits per heavy atom. The fraction of sp³-hybridized carbons (Fsp3) is 0.462. The predicted molar refractivity (Wildman–Crippen MR) is 63.2 cm³/mol. The molecular formula is C13H18O3. The van der Waals surface area contributed by atoms with Crippen LogP contribution in [0.25, 0.3) is 0 Å². The molecule has 0 amide bonds. The zero-order chi connectivity index (χ0) is 12.3. The number of carboxylic acids is 1. The van der Waals surface area contributed by atoms with Crippen LogP contribution in [0.2, 0.25) is 0 Å². The van der Waals surface area contributed by atoms with Crippen LogP contribution in [0.3, 0.4) is 0 Å². The lowest BCUT2D eigenvalue weighted by molar-refractivity contribution is -0.136. The quantitative estimate of drug-likeness (QED) is 0.851.